The number of nitrogens with one attached hydrogen (secondary N) is 2. The van der Waals surface area contributed by atoms with Crippen LogP contribution in [-0.2, 0) is 11.3 Å². The van der Waals surface area contributed by atoms with Crippen LogP contribution in [-0.4, -0.2) is 57.5 Å². The molecule has 8 nitrogen and oxygen atoms in total. The van der Waals surface area contributed by atoms with Gasteiger partial charge < -0.3 is 25.0 Å². The molecule has 0 aliphatic heterocycles. The molecule has 3 amide bonds. The number of likely N-dealkylation sites (N-methyl/N-ethyl adjacent to an activating group) is 1. The van der Waals surface area contributed by atoms with Gasteiger partial charge in [0.2, 0.25) is 5.91 Å². The number of nitrogens with zero attached hydrogens (tertiary/aromatic N) is 1. The van der Waals surface area contributed by atoms with Crippen LogP contribution in [0.5, 0.6) is 11.5 Å². The van der Waals surface area contributed by atoms with Crippen molar-refractivity contribution in [2.24, 2.45) is 0 Å². The van der Waals surface area contributed by atoms with Crippen molar-refractivity contribution in [2.45, 2.75) is 6.54 Å². The van der Waals surface area contributed by atoms with Crippen LogP contribution in [0.15, 0.2) is 42.5 Å². The molecule has 8 heteroatoms. The molecule has 0 saturated carbocycles. The van der Waals surface area contributed by atoms with E-state index in [-0.39, 0.29) is 18.4 Å². The number of carbonyl (C=O) groups excluding carboxylic acids is 3. The molecule has 0 bridgehead atoms. The Morgan fingerprint density at radius 3 is 2.00 bits per heavy atom. The van der Waals surface area contributed by atoms with Crippen LogP contribution in [0.1, 0.15) is 26.3 Å². The maximum absolute atomic E-state index is 12.4. The molecule has 29 heavy (non-hydrogen) atoms. The van der Waals surface area contributed by atoms with E-state index < -0.39 is 5.91 Å². The Labute approximate surface area is 169 Å². The van der Waals surface area contributed by atoms with E-state index >= 15 is 0 Å². The van der Waals surface area contributed by atoms with Crippen molar-refractivity contribution >= 4 is 17.7 Å². The van der Waals surface area contributed by atoms with Crippen LogP contribution >= 0.6 is 0 Å². The van der Waals surface area contributed by atoms with E-state index in [4.69, 9.17) is 9.47 Å². The average molecular weight is 399 g/mol. The molecule has 2 aromatic rings. The summed E-state index contributed by atoms with van der Waals surface area (Å²) >= 11 is 0. The molecule has 0 fully saturated rings. The summed E-state index contributed by atoms with van der Waals surface area (Å²) in [4.78, 5) is 37.8. The van der Waals surface area contributed by atoms with Gasteiger partial charge in [-0.1, -0.05) is 12.1 Å². The van der Waals surface area contributed by atoms with Gasteiger partial charge in [-0.25, -0.2) is 0 Å². The van der Waals surface area contributed by atoms with Crippen LogP contribution < -0.4 is 20.1 Å². The van der Waals surface area contributed by atoms with Gasteiger partial charge in [-0.05, 0) is 29.8 Å². The lowest BCUT2D eigenvalue weighted by atomic mass is 10.1. The highest BCUT2D eigenvalue weighted by Gasteiger charge is 2.14. The fraction of sp³-hybridized carbons (Fsp3) is 0.286. The normalized spacial score (nSPS) is 10.1. The van der Waals surface area contributed by atoms with Gasteiger partial charge in [0.15, 0.2) is 0 Å². The summed E-state index contributed by atoms with van der Waals surface area (Å²) in [5, 5.41) is 5.16. The van der Waals surface area contributed by atoms with Crippen molar-refractivity contribution in [3.8, 4) is 11.5 Å². The Balaban J connectivity index is 1.93. The zero-order valence-corrected chi connectivity index (χ0v) is 16.9. The summed E-state index contributed by atoms with van der Waals surface area (Å²) in [6, 6.07) is 11.8. The number of hydrogen-bond donors (Lipinski definition) is 2. The van der Waals surface area contributed by atoms with Gasteiger partial charge in [0.05, 0.1) is 20.8 Å². The van der Waals surface area contributed by atoms with Crippen molar-refractivity contribution in [3.63, 3.8) is 0 Å². The average Bonchev–Trinajstić information content (AvgIpc) is 2.76. The molecule has 0 radical (unpaired) electrons. The third-order valence-corrected chi connectivity index (χ3v) is 4.30. The Morgan fingerprint density at radius 1 is 0.897 bits per heavy atom. The second kappa shape index (κ2) is 10.1. The van der Waals surface area contributed by atoms with Gasteiger partial charge in [-0.15, -0.1) is 0 Å². The van der Waals surface area contributed by atoms with E-state index in [0.29, 0.717) is 29.2 Å². The molecule has 0 spiro atoms. The van der Waals surface area contributed by atoms with E-state index in [1.807, 2.05) is 0 Å². The zero-order valence-electron chi connectivity index (χ0n) is 16.9. The van der Waals surface area contributed by atoms with Crippen LogP contribution in [0.3, 0.4) is 0 Å². The molecule has 0 aromatic heterocycles. The molecule has 2 rings (SSSR count). The highest BCUT2D eigenvalue weighted by Crippen LogP contribution is 2.22. The van der Waals surface area contributed by atoms with E-state index in [2.05, 4.69) is 10.6 Å². The first-order chi connectivity index (χ1) is 13.9. The molecule has 2 N–H and O–H groups in total. The molecule has 0 aliphatic carbocycles. The highest BCUT2D eigenvalue weighted by molar-refractivity contribution is 5.97. The topological polar surface area (TPSA) is 97.0 Å². The number of ether oxygens (including phenoxy) is 2. The highest BCUT2D eigenvalue weighted by atomic mass is 16.5. The second-order valence-electron chi connectivity index (χ2n) is 6.31. The predicted octanol–water partition coefficient (Wildman–Crippen LogP) is 1.45. The summed E-state index contributed by atoms with van der Waals surface area (Å²) in [5.41, 5.74) is 1.75. The summed E-state index contributed by atoms with van der Waals surface area (Å²) in [5.74, 6) is 0.150. The zero-order chi connectivity index (χ0) is 21.4. The summed E-state index contributed by atoms with van der Waals surface area (Å²) < 4.78 is 10.3. The molecular weight excluding hydrogens is 374 g/mol. The number of benzene rings is 2. The van der Waals surface area contributed by atoms with E-state index in [9.17, 15) is 14.4 Å². The number of methoxy groups -OCH3 is 2. The van der Waals surface area contributed by atoms with Crippen LogP contribution in [0.25, 0.3) is 0 Å². The Morgan fingerprint density at radius 2 is 1.48 bits per heavy atom. The Hall–Kier alpha value is -3.55. The third-order valence-electron chi connectivity index (χ3n) is 4.30. The second-order valence-corrected chi connectivity index (χ2v) is 6.31. The van der Waals surface area contributed by atoms with Gasteiger partial charge >= 0.3 is 0 Å². The van der Waals surface area contributed by atoms with Gasteiger partial charge in [-0.2, -0.15) is 0 Å². The smallest absolute Gasteiger partial charge is 0.251 e. The molecule has 0 aliphatic rings. The van der Waals surface area contributed by atoms with E-state index in [0.717, 1.165) is 5.56 Å². The van der Waals surface area contributed by atoms with Crippen molar-refractivity contribution in [2.75, 3.05) is 34.9 Å². The number of carbonyl (C=O) groups is 3. The van der Waals surface area contributed by atoms with Gasteiger partial charge in [0.1, 0.15) is 11.5 Å². The predicted molar refractivity (Wildman–Crippen MR) is 108 cm³/mol. The Bertz CT molecular complexity index is 858. The number of hydrogen-bond acceptors (Lipinski definition) is 5. The SMILES string of the molecule is CNC(=O)c1ccc(CN(C)C(=O)CNC(=O)c2cc(OC)cc(OC)c2)cc1. The van der Waals surface area contributed by atoms with Gasteiger partial charge in [-0.3, -0.25) is 14.4 Å². The largest absolute Gasteiger partial charge is 0.497 e. The first-order valence-electron chi connectivity index (χ1n) is 8.94. The van der Waals surface area contributed by atoms with Gasteiger partial charge in [0.25, 0.3) is 11.8 Å². The summed E-state index contributed by atoms with van der Waals surface area (Å²) in [7, 11) is 6.21. The van der Waals surface area contributed by atoms with Gasteiger partial charge in [0, 0.05) is 37.8 Å². The first-order valence-corrected chi connectivity index (χ1v) is 8.94. The minimum absolute atomic E-state index is 0.148. The fourth-order valence-corrected chi connectivity index (χ4v) is 2.60. The lowest BCUT2D eigenvalue weighted by Crippen LogP contribution is -2.37. The van der Waals surface area contributed by atoms with Crippen LogP contribution in [0.4, 0.5) is 0 Å². The number of rotatable bonds is 8. The maximum atomic E-state index is 12.4. The van der Waals surface area contributed by atoms with E-state index in [1.165, 1.54) is 19.1 Å². The van der Waals surface area contributed by atoms with Crippen molar-refractivity contribution in [1.29, 1.82) is 0 Å². The first kappa shape index (κ1) is 21.7. The molecule has 2 aromatic carbocycles. The van der Waals surface area contributed by atoms with E-state index in [1.54, 1.807) is 56.6 Å². The van der Waals surface area contributed by atoms with Crippen molar-refractivity contribution < 1.29 is 23.9 Å². The molecule has 0 atom stereocenters. The number of amides is 3. The summed E-state index contributed by atoms with van der Waals surface area (Å²) in [6.07, 6.45) is 0. The molecule has 0 unspecified atom stereocenters. The third kappa shape index (κ3) is 5.97. The van der Waals surface area contributed by atoms with Crippen molar-refractivity contribution in [1.82, 2.24) is 15.5 Å². The standard InChI is InChI=1S/C21H25N3O5/c1-22-20(26)15-7-5-14(6-8-15)13-24(2)19(25)12-23-21(27)16-9-17(28-3)11-18(10-16)29-4/h5-11H,12-13H2,1-4H3,(H,22,26)(H,23,27). The monoisotopic (exact) mass is 399 g/mol. The Kier molecular flexibility index (Phi) is 7.59. The van der Waals surface area contributed by atoms with Crippen molar-refractivity contribution in [3.05, 3.63) is 59.2 Å². The fourth-order valence-electron chi connectivity index (χ4n) is 2.60. The summed E-state index contributed by atoms with van der Waals surface area (Å²) in [6.45, 7) is 0.209. The lowest BCUT2D eigenvalue weighted by molar-refractivity contribution is -0.129. The lowest BCUT2D eigenvalue weighted by Gasteiger charge is -2.18. The molecular formula is C21H25N3O5. The van der Waals surface area contributed by atoms with Crippen LogP contribution in [0, 0.1) is 0 Å². The minimum atomic E-state index is -0.404. The molecule has 0 saturated heterocycles. The molecule has 0 heterocycles. The minimum Gasteiger partial charge on any atom is -0.497 e. The quantitative estimate of drug-likeness (QED) is 0.700. The van der Waals surface area contributed by atoms with Crippen LogP contribution in [0.2, 0.25) is 0 Å². The molecule has 154 valence electrons. The maximum Gasteiger partial charge on any atom is 0.251 e.